The molecule has 3 aromatic rings. The van der Waals surface area contributed by atoms with Crippen LogP contribution in [-0.2, 0) is 16.1 Å². The zero-order valence-electron chi connectivity index (χ0n) is 21.1. The molecule has 3 amide bonds. The molecule has 0 radical (unpaired) electrons. The van der Waals surface area contributed by atoms with E-state index in [4.69, 9.17) is 16.1 Å². The highest BCUT2D eigenvalue weighted by Crippen LogP contribution is 2.27. The molecule has 1 aromatic heterocycles. The first-order chi connectivity index (χ1) is 17.9. The van der Waals surface area contributed by atoms with Crippen LogP contribution in [0, 0.1) is 13.8 Å². The molecule has 3 rings (SSSR count). The van der Waals surface area contributed by atoms with Gasteiger partial charge in [0.05, 0.1) is 22.2 Å². The summed E-state index contributed by atoms with van der Waals surface area (Å²) >= 11 is 6.34. The second-order valence-electron chi connectivity index (χ2n) is 8.67. The Balaban J connectivity index is 1.85. The molecule has 0 aliphatic heterocycles. The van der Waals surface area contributed by atoms with Gasteiger partial charge in [-0.15, -0.1) is 0 Å². The van der Waals surface area contributed by atoms with E-state index in [1.54, 1.807) is 32.9 Å². The fraction of sp³-hybridized carbons (Fsp3) is 0.269. The predicted octanol–water partition coefficient (Wildman–Crippen LogP) is 3.33. The summed E-state index contributed by atoms with van der Waals surface area (Å²) in [5, 5.41) is 25.9. The molecule has 4 N–H and O–H groups in total. The number of aryl methyl sites for hydroxylation is 2. The number of hydrazine groups is 1. The number of phenols is 1. The van der Waals surface area contributed by atoms with Crippen molar-refractivity contribution in [3.05, 3.63) is 81.2 Å². The summed E-state index contributed by atoms with van der Waals surface area (Å²) in [6, 6.07) is 9.02. The van der Waals surface area contributed by atoms with E-state index in [0.29, 0.717) is 27.6 Å². The van der Waals surface area contributed by atoms with Crippen LogP contribution in [0.15, 0.2) is 47.0 Å². The Kier molecular flexibility index (Phi) is 8.87. The van der Waals surface area contributed by atoms with Crippen molar-refractivity contribution in [1.29, 1.82) is 0 Å². The molecule has 0 bridgehead atoms. The molecule has 11 nitrogen and oxygen atoms in total. The van der Waals surface area contributed by atoms with E-state index in [2.05, 4.69) is 15.9 Å². The van der Waals surface area contributed by atoms with Gasteiger partial charge in [0.15, 0.2) is 0 Å². The first kappa shape index (κ1) is 28.4. The van der Waals surface area contributed by atoms with E-state index in [9.17, 15) is 29.4 Å². The van der Waals surface area contributed by atoms with Gasteiger partial charge in [-0.2, -0.15) is 0 Å². The Bertz CT molecular complexity index is 1370. The number of amides is 3. The number of carbonyl (C=O) groups excluding carboxylic acids is 3. The van der Waals surface area contributed by atoms with Gasteiger partial charge in [-0.3, -0.25) is 19.2 Å². The zero-order chi connectivity index (χ0) is 28.1. The van der Waals surface area contributed by atoms with E-state index < -0.39 is 35.7 Å². The molecule has 0 spiro atoms. The van der Waals surface area contributed by atoms with E-state index >= 15 is 0 Å². The van der Waals surface area contributed by atoms with E-state index in [1.807, 2.05) is 0 Å². The second-order valence-corrected chi connectivity index (χ2v) is 9.08. The summed E-state index contributed by atoms with van der Waals surface area (Å²) in [7, 11) is 0. The first-order valence-electron chi connectivity index (χ1n) is 11.6. The van der Waals surface area contributed by atoms with E-state index in [1.165, 1.54) is 37.3 Å². The molecule has 12 heteroatoms. The lowest BCUT2D eigenvalue weighted by atomic mass is 9.98. The molecule has 0 fully saturated rings. The number of aliphatic carboxylic acids is 1. The topological polar surface area (TPSA) is 162 Å². The van der Waals surface area contributed by atoms with Crippen molar-refractivity contribution in [1.82, 2.24) is 20.9 Å². The highest BCUT2D eigenvalue weighted by molar-refractivity contribution is 6.34. The SMILES string of the molecule is Cc1noc(C)c1C(C)C(=O)N(N[C@@H](C)C(=O)O)C(=O)c1ccc(C(=O)NCc2cccc(O)c2)cc1Cl. The fourth-order valence-electron chi connectivity index (χ4n) is 3.80. The van der Waals surface area contributed by atoms with Crippen molar-refractivity contribution in [2.45, 2.75) is 46.2 Å². The number of imide groups is 1. The lowest BCUT2D eigenvalue weighted by molar-refractivity contribution is -0.142. The minimum Gasteiger partial charge on any atom is -0.508 e. The minimum atomic E-state index is -1.29. The maximum absolute atomic E-state index is 13.4. The summed E-state index contributed by atoms with van der Waals surface area (Å²) in [4.78, 5) is 50.9. The van der Waals surface area contributed by atoms with Crippen molar-refractivity contribution >= 4 is 35.3 Å². The van der Waals surface area contributed by atoms with Crippen molar-refractivity contribution in [3.8, 4) is 5.75 Å². The van der Waals surface area contributed by atoms with Gasteiger partial charge < -0.3 is 20.1 Å². The van der Waals surface area contributed by atoms with Crippen LogP contribution in [0.3, 0.4) is 0 Å². The third kappa shape index (κ3) is 6.36. The predicted molar refractivity (Wildman–Crippen MR) is 137 cm³/mol. The van der Waals surface area contributed by atoms with Gasteiger partial charge in [0.2, 0.25) is 0 Å². The summed E-state index contributed by atoms with van der Waals surface area (Å²) < 4.78 is 5.13. The fourth-order valence-corrected chi connectivity index (χ4v) is 4.06. The Morgan fingerprint density at radius 1 is 1.11 bits per heavy atom. The number of carboxylic acid groups (broad SMARTS) is 1. The van der Waals surface area contributed by atoms with Gasteiger partial charge in [0.25, 0.3) is 17.7 Å². The first-order valence-corrected chi connectivity index (χ1v) is 11.9. The monoisotopic (exact) mass is 542 g/mol. The quantitative estimate of drug-likeness (QED) is 0.297. The Morgan fingerprint density at radius 3 is 2.39 bits per heavy atom. The van der Waals surface area contributed by atoms with E-state index in [0.717, 1.165) is 0 Å². The maximum atomic E-state index is 13.4. The number of hydrogen-bond donors (Lipinski definition) is 4. The lowest BCUT2D eigenvalue weighted by Crippen LogP contribution is -2.54. The van der Waals surface area contributed by atoms with Crippen molar-refractivity contribution < 1.29 is 33.9 Å². The largest absolute Gasteiger partial charge is 0.508 e. The molecule has 0 saturated heterocycles. The molecule has 1 unspecified atom stereocenters. The Labute approximate surface area is 223 Å². The van der Waals surface area contributed by atoms with Crippen LogP contribution in [0.5, 0.6) is 5.75 Å². The lowest BCUT2D eigenvalue weighted by Gasteiger charge is -2.27. The van der Waals surface area contributed by atoms with Crippen molar-refractivity contribution in [2.24, 2.45) is 0 Å². The maximum Gasteiger partial charge on any atom is 0.322 e. The molecular weight excluding hydrogens is 516 g/mol. The van der Waals surface area contributed by atoms with Gasteiger partial charge in [-0.1, -0.05) is 28.9 Å². The molecule has 200 valence electrons. The molecule has 0 aliphatic carbocycles. The van der Waals surface area contributed by atoms with Gasteiger partial charge in [-0.25, -0.2) is 10.4 Å². The smallest absolute Gasteiger partial charge is 0.322 e. The average molecular weight is 543 g/mol. The molecule has 2 atom stereocenters. The van der Waals surface area contributed by atoms with Gasteiger partial charge in [0.1, 0.15) is 17.6 Å². The molecule has 2 aromatic carbocycles. The van der Waals surface area contributed by atoms with Crippen LogP contribution in [0.25, 0.3) is 0 Å². The number of phenolic OH excluding ortho intramolecular Hbond substituents is 1. The normalized spacial score (nSPS) is 12.4. The Morgan fingerprint density at radius 2 is 1.82 bits per heavy atom. The number of rotatable bonds is 9. The number of carboxylic acids is 1. The van der Waals surface area contributed by atoms with Gasteiger partial charge in [-0.05, 0) is 63.6 Å². The number of nitrogens with one attached hydrogen (secondary N) is 2. The summed E-state index contributed by atoms with van der Waals surface area (Å²) in [6.07, 6.45) is 0. The molecule has 1 heterocycles. The van der Waals surface area contributed by atoms with E-state index in [-0.39, 0.29) is 28.4 Å². The molecule has 0 saturated carbocycles. The Hall–Kier alpha value is -4.22. The highest BCUT2D eigenvalue weighted by atomic mass is 35.5. The van der Waals surface area contributed by atoms with Gasteiger partial charge >= 0.3 is 5.97 Å². The number of hydrogen-bond acceptors (Lipinski definition) is 8. The van der Waals surface area contributed by atoms with Crippen LogP contribution in [0.4, 0.5) is 0 Å². The van der Waals surface area contributed by atoms with Crippen LogP contribution in [0.2, 0.25) is 5.02 Å². The third-order valence-electron chi connectivity index (χ3n) is 5.83. The van der Waals surface area contributed by atoms with Gasteiger partial charge in [0, 0.05) is 17.7 Å². The number of benzene rings is 2. The summed E-state index contributed by atoms with van der Waals surface area (Å²) in [5.74, 6) is -3.87. The standard InChI is InChI=1S/C26H27ClN4O7/c1-13(22-14(2)30-38-16(22)4)24(34)31(29-15(3)26(36)37)25(35)20-9-8-18(11-21(20)27)23(33)28-12-17-6-5-7-19(32)10-17/h5-11,13,15,29,32H,12H2,1-4H3,(H,28,33)(H,36,37)/t13?,15-/m0/s1. The van der Waals surface area contributed by atoms with Crippen molar-refractivity contribution in [3.63, 3.8) is 0 Å². The zero-order valence-corrected chi connectivity index (χ0v) is 21.9. The third-order valence-corrected chi connectivity index (χ3v) is 6.15. The highest BCUT2D eigenvalue weighted by Gasteiger charge is 2.34. The number of aromatic hydroxyl groups is 1. The minimum absolute atomic E-state index is 0.0660. The number of carbonyl (C=O) groups is 4. The van der Waals surface area contributed by atoms with Crippen LogP contribution < -0.4 is 10.7 Å². The van der Waals surface area contributed by atoms with Crippen molar-refractivity contribution in [2.75, 3.05) is 0 Å². The number of nitrogens with zero attached hydrogens (tertiary/aromatic N) is 2. The van der Waals surface area contributed by atoms with Crippen LogP contribution in [0.1, 0.15) is 63.1 Å². The van der Waals surface area contributed by atoms with Crippen LogP contribution >= 0.6 is 11.6 Å². The summed E-state index contributed by atoms with van der Waals surface area (Å²) in [6.45, 7) is 6.24. The van der Waals surface area contributed by atoms with Crippen LogP contribution in [-0.4, -0.2) is 50.1 Å². The average Bonchev–Trinajstić information content (AvgIpc) is 3.21. The molecular formula is C26H27ClN4O7. The molecule has 38 heavy (non-hydrogen) atoms. The second kappa shape index (κ2) is 11.9. The number of halogens is 1. The summed E-state index contributed by atoms with van der Waals surface area (Å²) in [5.41, 5.74) is 4.07. The number of aromatic nitrogens is 1. The molecule has 0 aliphatic rings.